The van der Waals surface area contributed by atoms with Gasteiger partial charge in [0, 0.05) is 13.1 Å². The van der Waals surface area contributed by atoms with Crippen molar-refractivity contribution in [1.82, 2.24) is 4.90 Å². The van der Waals surface area contributed by atoms with Crippen molar-refractivity contribution in [2.75, 3.05) is 20.2 Å². The fraction of sp³-hybridized carbons (Fsp3) is 0.600. The first-order chi connectivity index (χ1) is 11.7. The van der Waals surface area contributed by atoms with Crippen LogP contribution in [0.15, 0.2) is 18.2 Å². The van der Waals surface area contributed by atoms with E-state index in [4.69, 9.17) is 9.47 Å². The molecule has 0 N–H and O–H groups in total. The standard InChI is InChI=1S/C20H29NO4/c1-14(22)17-7-6-16(13-18(17)24-5)12-15-8-10-21(11-9-15)19(23)25-20(2,3)4/h6-7,13,15H,8-12H2,1-5H3. The highest BCUT2D eigenvalue weighted by Gasteiger charge is 2.27. The van der Waals surface area contributed by atoms with Gasteiger partial charge in [0.25, 0.3) is 0 Å². The lowest BCUT2D eigenvalue weighted by Crippen LogP contribution is -2.42. The molecule has 0 spiro atoms. The monoisotopic (exact) mass is 347 g/mol. The van der Waals surface area contributed by atoms with E-state index in [1.54, 1.807) is 18.9 Å². The van der Waals surface area contributed by atoms with Crippen molar-refractivity contribution in [2.45, 2.75) is 52.6 Å². The number of piperidine rings is 1. The van der Waals surface area contributed by atoms with Crippen LogP contribution in [0.2, 0.25) is 0 Å². The van der Waals surface area contributed by atoms with E-state index in [0.717, 1.165) is 37.9 Å². The highest BCUT2D eigenvalue weighted by molar-refractivity contribution is 5.96. The lowest BCUT2D eigenvalue weighted by atomic mass is 9.89. The minimum absolute atomic E-state index is 0.00840. The van der Waals surface area contributed by atoms with Crippen LogP contribution >= 0.6 is 0 Å². The zero-order valence-corrected chi connectivity index (χ0v) is 15.9. The van der Waals surface area contributed by atoms with E-state index in [9.17, 15) is 9.59 Å². The lowest BCUT2D eigenvalue weighted by molar-refractivity contribution is 0.0184. The number of carbonyl (C=O) groups excluding carboxylic acids is 2. The van der Waals surface area contributed by atoms with Crippen molar-refractivity contribution >= 4 is 11.9 Å². The molecule has 0 aliphatic carbocycles. The van der Waals surface area contributed by atoms with Gasteiger partial charge in [-0.2, -0.15) is 0 Å². The predicted molar refractivity (Wildman–Crippen MR) is 97.2 cm³/mol. The number of hydrogen-bond donors (Lipinski definition) is 0. The van der Waals surface area contributed by atoms with E-state index in [1.807, 2.05) is 39.0 Å². The largest absolute Gasteiger partial charge is 0.496 e. The summed E-state index contributed by atoms with van der Waals surface area (Å²) >= 11 is 0. The van der Waals surface area contributed by atoms with Gasteiger partial charge in [-0.25, -0.2) is 4.79 Å². The first kappa shape index (κ1) is 19.3. The van der Waals surface area contributed by atoms with Crippen molar-refractivity contribution in [2.24, 2.45) is 5.92 Å². The minimum Gasteiger partial charge on any atom is -0.496 e. The molecule has 1 aromatic rings. The lowest BCUT2D eigenvalue weighted by Gasteiger charge is -2.33. The Hall–Kier alpha value is -2.04. The molecule has 1 aromatic carbocycles. The van der Waals surface area contributed by atoms with Gasteiger partial charge in [0.2, 0.25) is 0 Å². The molecule has 0 bridgehead atoms. The van der Waals surface area contributed by atoms with Gasteiger partial charge in [-0.1, -0.05) is 6.07 Å². The molecule has 1 aliphatic heterocycles. The molecule has 2 rings (SSSR count). The zero-order valence-electron chi connectivity index (χ0n) is 15.9. The summed E-state index contributed by atoms with van der Waals surface area (Å²) in [6, 6.07) is 5.79. The van der Waals surface area contributed by atoms with Crippen LogP contribution in [0, 0.1) is 5.92 Å². The number of ether oxygens (including phenoxy) is 2. The van der Waals surface area contributed by atoms with Gasteiger partial charge in [0.15, 0.2) is 5.78 Å². The van der Waals surface area contributed by atoms with E-state index in [1.165, 1.54) is 0 Å². The topological polar surface area (TPSA) is 55.8 Å². The Morgan fingerprint density at radius 2 is 1.84 bits per heavy atom. The Labute approximate surface area is 150 Å². The molecular weight excluding hydrogens is 318 g/mol. The quantitative estimate of drug-likeness (QED) is 0.770. The van der Waals surface area contributed by atoms with Crippen molar-refractivity contribution in [3.63, 3.8) is 0 Å². The molecule has 0 radical (unpaired) electrons. The number of likely N-dealkylation sites (tertiary alicyclic amines) is 1. The van der Waals surface area contributed by atoms with Gasteiger partial charge < -0.3 is 14.4 Å². The van der Waals surface area contributed by atoms with Gasteiger partial charge >= 0.3 is 6.09 Å². The summed E-state index contributed by atoms with van der Waals surface area (Å²) in [4.78, 5) is 25.5. The third-order valence-electron chi connectivity index (χ3n) is 4.44. The average molecular weight is 347 g/mol. The van der Waals surface area contributed by atoms with Crippen LogP contribution in [0.1, 0.15) is 56.5 Å². The molecule has 1 fully saturated rings. The molecule has 138 valence electrons. The summed E-state index contributed by atoms with van der Waals surface area (Å²) in [6.07, 6.45) is 2.61. The third-order valence-corrected chi connectivity index (χ3v) is 4.44. The summed E-state index contributed by atoms with van der Waals surface area (Å²) in [5, 5.41) is 0. The number of amides is 1. The molecule has 1 aliphatic rings. The Morgan fingerprint density at radius 1 is 1.20 bits per heavy atom. The Balaban J connectivity index is 1.92. The smallest absolute Gasteiger partial charge is 0.410 e. The van der Waals surface area contributed by atoms with Crippen LogP contribution < -0.4 is 4.74 Å². The number of nitrogens with zero attached hydrogens (tertiary/aromatic N) is 1. The molecule has 5 heteroatoms. The summed E-state index contributed by atoms with van der Waals surface area (Å²) in [7, 11) is 1.59. The number of Topliss-reactive ketones (excluding diaryl/α,β-unsaturated/α-hetero) is 1. The molecule has 0 aromatic heterocycles. The summed E-state index contributed by atoms with van der Waals surface area (Å²) in [5.41, 5.74) is 1.33. The molecule has 1 amide bonds. The minimum atomic E-state index is -0.455. The van der Waals surface area contributed by atoms with Crippen LogP contribution in [0.4, 0.5) is 4.79 Å². The van der Waals surface area contributed by atoms with Crippen molar-refractivity contribution in [3.05, 3.63) is 29.3 Å². The summed E-state index contributed by atoms with van der Waals surface area (Å²) in [6.45, 7) is 8.65. The number of hydrogen-bond acceptors (Lipinski definition) is 4. The van der Waals surface area contributed by atoms with Crippen molar-refractivity contribution in [3.8, 4) is 5.75 Å². The van der Waals surface area contributed by atoms with Crippen molar-refractivity contribution < 1.29 is 19.1 Å². The maximum atomic E-state index is 12.1. The van der Waals surface area contributed by atoms with Gasteiger partial charge in [0.05, 0.1) is 12.7 Å². The molecule has 1 heterocycles. The predicted octanol–water partition coefficient (Wildman–Crippen LogP) is 4.09. The highest BCUT2D eigenvalue weighted by Crippen LogP contribution is 2.26. The normalized spacial score (nSPS) is 15.8. The molecule has 1 saturated heterocycles. The third kappa shape index (κ3) is 5.48. The van der Waals surface area contributed by atoms with Gasteiger partial charge in [-0.05, 0) is 70.6 Å². The van der Waals surface area contributed by atoms with Crippen LogP contribution in [0.5, 0.6) is 5.75 Å². The van der Waals surface area contributed by atoms with Crippen LogP contribution in [-0.4, -0.2) is 42.6 Å². The van der Waals surface area contributed by atoms with Crippen LogP contribution in [0.3, 0.4) is 0 Å². The number of methoxy groups -OCH3 is 1. The second-order valence-corrected chi connectivity index (χ2v) is 7.71. The highest BCUT2D eigenvalue weighted by atomic mass is 16.6. The van der Waals surface area contributed by atoms with Gasteiger partial charge in [0.1, 0.15) is 11.4 Å². The van der Waals surface area contributed by atoms with E-state index in [2.05, 4.69) is 0 Å². The van der Waals surface area contributed by atoms with Crippen LogP contribution in [-0.2, 0) is 11.2 Å². The Bertz CT molecular complexity index is 625. The van der Waals surface area contributed by atoms with Crippen LogP contribution in [0.25, 0.3) is 0 Å². The second-order valence-electron chi connectivity index (χ2n) is 7.71. The second kappa shape index (κ2) is 7.89. The number of rotatable bonds is 4. The van der Waals surface area contributed by atoms with Gasteiger partial charge in [-0.3, -0.25) is 4.79 Å². The van der Waals surface area contributed by atoms with Gasteiger partial charge in [-0.15, -0.1) is 0 Å². The fourth-order valence-corrected chi connectivity index (χ4v) is 3.13. The van der Waals surface area contributed by atoms with Crippen molar-refractivity contribution in [1.29, 1.82) is 0 Å². The molecular formula is C20H29NO4. The maximum Gasteiger partial charge on any atom is 0.410 e. The number of benzene rings is 1. The molecule has 0 saturated carbocycles. The first-order valence-corrected chi connectivity index (χ1v) is 8.85. The molecule has 0 atom stereocenters. The molecule has 5 nitrogen and oxygen atoms in total. The van der Waals surface area contributed by atoms with E-state index >= 15 is 0 Å². The van der Waals surface area contributed by atoms with E-state index in [0.29, 0.717) is 17.2 Å². The zero-order chi connectivity index (χ0) is 18.6. The van der Waals surface area contributed by atoms with E-state index in [-0.39, 0.29) is 11.9 Å². The Kier molecular flexibility index (Phi) is 6.09. The maximum absolute atomic E-state index is 12.1. The average Bonchev–Trinajstić information content (AvgIpc) is 2.53. The number of carbonyl (C=O) groups is 2. The summed E-state index contributed by atoms with van der Waals surface area (Å²) < 4.78 is 10.8. The first-order valence-electron chi connectivity index (χ1n) is 8.85. The Morgan fingerprint density at radius 3 is 2.36 bits per heavy atom. The molecule has 0 unspecified atom stereocenters. The van der Waals surface area contributed by atoms with E-state index < -0.39 is 5.60 Å². The molecule has 25 heavy (non-hydrogen) atoms. The summed E-state index contributed by atoms with van der Waals surface area (Å²) in [5.74, 6) is 1.16. The fourth-order valence-electron chi connectivity index (χ4n) is 3.13. The number of ketones is 1. The SMILES string of the molecule is COc1cc(CC2CCN(C(=O)OC(C)(C)C)CC2)ccc1C(C)=O.